The van der Waals surface area contributed by atoms with Crippen molar-refractivity contribution in [1.29, 1.82) is 0 Å². The fourth-order valence-electron chi connectivity index (χ4n) is 2.95. The van der Waals surface area contributed by atoms with Crippen molar-refractivity contribution in [3.8, 4) is 0 Å². The molecule has 3 rings (SSSR count). The van der Waals surface area contributed by atoms with Gasteiger partial charge in [-0.1, -0.05) is 18.2 Å². The molecular weight excluding hydrogens is 413 g/mol. The molecule has 0 saturated carbocycles. The maximum Gasteiger partial charge on any atom is 0.416 e. The Hall–Kier alpha value is -3.21. The lowest BCUT2D eigenvalue weighted by Gasteiger charge is -2.41. The molecule has 11 heteroatoms. The topological polar surface area (TPSA) is 72.9 Å². The number of rotatable bonds is 4. The minimum atomic E-state index is -4.65. The predicted octanol–water partition coefficient (Wildman–Crippen LogP) is 3.90. The second-order valence-corrected chi connectivity index (χ2v) is 6.77. The summed E-state index contributed by atoms with van der Waals surface area (Å²) in [6.45, 7) is -1.86. The summed E-state index contributed by atoms with van der Waals surface area (Å²) in [6, 6.07) is 8.69. The summed E-state index contributed by atoms with van der Waals surface area (Å²) in [5.41, 5.74) is 0.907. The number of nitrogens with one attached hydrogen (secondary N) is 1. The number of nitrogens with zero attached hydrogens (tertiary/aromatic N) is 2. The van der Waals surface area contributed by atoms with Gasteiger partial charge in [-0.15, -0.1) is 0 Å². The number of alkyl halides is 5. The molecule has 0 radical (unpaired) electrons. The average Bonchev–Trinajstić information content (AvgIpc) is 2.69. The van der Waals surface area contributed by atoms with Gasteiger partial charge in [-0.25, -0.2) is 19.1 Å². The van der Waals surface area contributed by atoms with E-state index in [1.807, 2.05) is 0 Å². The number of hydrogen-bond donors (Lipinski definition) is 2. The van der Waals surface area contributed by atoms with E-state index in [9.17, 15) is 31.5 Å². The number of amides is 3. The maximum absolute atomic E-state index is 13.2. The minimum absolute atomic E-state index is 0.109. The Labute approximate surface area is 167 Å². The van der Waals surface area contributed by atoms with E-state index in [4.69, 9.17) is 5.21 Å². The number of benzene rings is 2. The molecule has 2 N–H and O–H groups in total. The largest absolute Gasteiger partial charge is 0.416 e. The summed E-state index contributed by atoms with van der Waals surface area (Å²) in [5.74, 6) is -3.80. The summed E-state index contributed by atoms with van der Waals surface area (Å²) in [4.78, 5) is 25.9. The first-order valence-electron chi connectivity index (χ1n) is 8.65. The molecule has 1 heterocycles. The number of likely N-dealkylation sites (tertiary alicyclic amines) is 1. The Morgan fingerprint density at radius 2 is 1.73 bits per heavy atom. The molecule has 1 saturated heterocycles. The Morgan fingerprint density at radius 1 is 1.10 bits per heavy atom. The van der Waals surface area contributed by atoms with Gasteiger partial charge < -0.3 is 4.90 Å². The predicted molar refractivity (Wildman–Crippen MR) is 95.2 cm³/mol. The highest BCUT2D eigenvalue weighted by Gasteiger charge is 2.47. The Bertz CT molecular complexity index is 939. The lowest BCUT2D eigenvalue weighted by molar-refractivity contribution is -0.137. The van der Waals surface area contributed by atoms with Gasteiger partial charge in [0, 0.05) is 11.3 Å². The van der Waals surface area contributed by atoms with Crippen molar-refractivity contribution < 1.29 is 36.7 Å². The van der Waals surface area contributed by atoms with Crippen LogP contribution >= 0.6 is 0 Å². The first-order valence-corrected chi connectivity index (χ1v) is 8.65. The molecule has 1 aliphatic heterocycles. The van der Waals surface area contributed by atoms with Crippen LogP contribution in [0.3, 0.4) is 0 Å². The van der Waals surface area contributed by atoms with Crippen LogP contribution in [0.5, 0.6) is 0 Å². The molecule has 30 heavy (non-hydrogen) atoms. The van der Waals surface area contributed by atoms with Gasteiger partial charge in [0.05, 0.1) is 25.2 Å². The fraction of sp³-hybridized carbons (Fsp3) is 0.263. The summed E-state index contributed by atoms with van der Waals surface area (Å²) >= 11 is 0. The van der Waals surface area contributed by atoms with E-state index in [2.05, 4.69) is 0 Å². The molecule has 0 unspecified atom stereocenters. The first-order chi connectivity index (χ1) is 14.0. The molecule has 2 aromatic carbocycles. The zero-order chi connectivity index (χ0) is 22.1. The number of urea groups is 1. The van der Waals surface area contributed by atoms with Crippen LogP contribution in [0.15, 0.2) is 48.5 Å². The first kappa shape index (κ1) is 21.5. The number of carbonyl (C=O) groups is 2. The lowest BCUT2D eigenvalue weighted by atomic mass is 10.1. The Morgan fingerprint density at radius 3 is 2.27 bits per heavy atom. The molecule has 0 aliphatic carbocycles. The third kappa shape index (κ3) is 4.67. The lowest BCUT2D eigenvalue weighted by Crippen LogP contribution is -2.61. The molecule has 160 valence electrons. The van der Waals surface area contributed by atoms with Crippen molar-refractivity contribution in [2.75, 3.05) is 18.0 Å². The molecule has 3 amide bonds. The van der Waals surface area contributed by atoms with Gasteiger partial charge in [0.2, 0.25) is 0 Å². The van der Waals surface area contributed by atoms with Crippen molar-refractivity contribution in [3.63, 3.8) is 0 Å². The molecule has 1 fully saturated rings. The van der Waals surface area contributed by atoms with Gasteiger partial charge in [0.15, 0.2) is 0 Å². The third-order valence-electron chi connectivity index (χ3n) is 4.49. The van der Waals surface area contributed by atoms with Crippen molar-refractivity contribution >= 4 is 17.6 Å². The van der Waals surface area contributed by atoms with Crippen molar-refractivity contribution in [1.82, 2.24) is 10.4 Å². The Balaban J connectivity index is 1.90. The maximum atomic E-state index is 13.2. The number of anilines is 1. The monoisotopic (exact) mass is 429 g/mol. The highest BCUT2D eigenvalue weighted by molar-refractivity contribution is 5.94. The molecule has 2 aromatic rings. The van der Waals surface area contributed by atoms with Crippen LogP contribution in [0.4, 0.5) is 32.4 Å². The van der Waals surface area contributed by atoms with E-state index in [-0.39, 0.29) is 17.8 Å². The van der Waals surface area contributed by atoms with E-state index in [0.29, 0.717) is 5.56 Å². The van der Waals surface area contributed by atoms with Gasteiger partial charge in [0.1, 0.15) is 0 Å². The number of hydroxylamine groups is 1. The van der Waals surface area contributed by atoms with Gasteiger partial charge in [-0.2, -0.15) is 13.2 Å². The van der Waals surface area contributed by atoms with E-state index >= 15 is 0 Å². The summed E-state index contributed by atoms with van der Waals surface area (Å²) in [5, 5.41) is 8.64. The number of hydrogen-bond acceptors (Lipinski definition) is 3. The van der Waals surface area contributed by atoms with Gasteiger partial charge >= 0.3 is 12.2 Å². The van der Waals surface area contributed by atoms with E-state index in [1.54, 1.807) is 0 Å². The van der Waals surface area contributed by atoms with E-state index in [1.165, 1.54) is 35.8 Å². The summed E-state index contributed by atoms with van der Waals surface area (Å²) in [7, 11) is 0. The second kappa shape index (κ2) is 7.90. The number of halogens is 5. The van der Waals surface area contributed by atoms with Crippen LogP contribution in [0.1, 0.15) is 21.5 Å². The summed E-state index contributed by atoms with van der Waals surface area (Å²) in [6.07, 6.45) is -4.65. The van der Waals surface area contributed by atoms with Crippen LogP contribution in [-0.4, -0.2) is 41.1 Å². The molecule has 1 aliphatic rings. The highest BCUT2D eigenvalue weighted by Crippen LogP contribution is 2.34. The van der Waals surface area contributed by atoms with Gasteiger partial charge in [-0.05, 0) is 35.9 Å². The van der Waals surface area contributed by atoms with Gasteiger partial charge in [-0.3, -0.25) is 14.9 Å². The van der Waals surface area contributed by atoms with Crippen molar-refractivity contribution in [2.24, 2.45) is 0 Å². The molecule has 6 nitrogen and oxygen atoms in total. The second-order valence-electron chi connectivity index (χ2n) is 6.77. The van der Waals surface area contributed by atoms with Crippen LogP contribution in [0.2, 0.25) is 0 Å². The van der Waals surface area contributed by atoms with E-state index in [0.717, 1.165) is 28.0 Å². The Kier molecular flexibility index (Phi) is 5.66. The normalized spacial score (nSPS) is 15.3. The zero-order valence-electron chi connectivity index (χ0n) is 15.3. The van der Waals surface area contributed by atoms with Crippen LogP contribution in [-0.2, 0) is 12.7 Å². The van der Waals surface area contributed by atoms with Gasteiger partial charge in [0.25, 0.3) is 11.8 Å². The zero-order valence-corrected chi connectivity index (χ0v) is 15.3. The SMILES string of the molecule is O=C(NO)c1ccc(CN(C(=O)N2CC(F)(F)C2)c2cccc(C(F)(F)F)c2)cc1. The minimum Gasteiger partial charge on any atom is -0.312 e. The number of carbonyl (C=O) groups excluding carboxylic acids is 2. The van der Waals surface area contributed by atoms with Crippen molar-refractivity contribution in [2.45, 2.75) is 18.6 Å². The molecular formula is C19H16F5N3O3. The van der Waals surface area contributed by atoms with Crippen LogP contribution in [0.25, 0.3) is 0 Å². The summed E-state index contributed by atoms with van der Waals surface area (Å²) < 4.78 is 65.6. The fourth-order valence-corrected chi connectivity index (χ4v) is 2.95. The average molecular weight is 429 g/mol. The standard InChI is InChI=1S/C19H16F5N3O3/c20-18(21)10-26(11-18)17(29)27(15-3-1-2-14(8-15)19(22,23)24)9-12-4-6-13(7-5-12)16(28)25-30/h1-8,30H,9-11H2,(H,25,28). The quantitative estimate of drug-likeness (QED) is 0.440. The molecule has 0 bridgehead atoms. The molecule has 0 spiro atoms. The van der Waals surface area contributed by atoms with Crippen molar-refractivity contribution in [3.05, 3.63) is 65.2 Å². The van der Waals surface area contributed by atoms with Crippen LogP contribution < -0.4 is 10.4 Å². The molecule has 0 atom stereocenters. The van der Waals surface area contributed by atoms with Crippen LogP contribution in [0, 0.1) is 0 Å². The van der Waals surface area contributed by atoms with E-state index < -0.39 is 42.7 Å². The third-order valence-corrected chi connectivity index (χ3v) is 4.49. The smallest absolute Gasteiger partial charge is 0.312 e. The highest BCUT2D eigenvalue weighted by atomic mass is 19.4. The molecule has 0 aromatic heterocycles.